The number of hydrogen-bond acceptors (Lipinski definition) is 1. The quantitative estimate of drug-likeness (QED) is 0.429. The van der Waals surface area contributed by atoms with Crippen molar-refractivity contribution in [1.29, 1.82) is 0 Å². The van der Waals surface area contributed by atoms with Crippen LogP contribution < -0.4 is 0 Å². The molecule has 0 rings (SSSR count). The van der Waals surface area contributed by atoms with Crippen LogP contribution in [0.4, 0.5) is 0 Å². The van der Waals surface area contributed by atoms with Crippen LogP contribution in [-0.2, 0) is 0 Å². The average Bonchev–Trinajstić information content (AvgIpc) is 1.89. The lowest BCUT2D eigenvalue weighted by Crippen LogP contribution is -1.77. The summed E-state index contributed by atoms with van der Waals surface area (Å²) < 4.78 is 0. The van der Waals surface area contributed by atoms with E-state index in [4.69, 9.17) is 0 Å². The molecule has 0 fully saturated rings. The van der Waals surface area contributed by atoms with Gasteiger partial charge in [0.1, 0.15) is 0 Å². The van der Waals surface area contributed by atoms with E-state index in [1.165, 1.54) is 17.9 Å². The highest BCUT2D eigenvalue weighted by atomic mass is 32.2. The molecule has 0 saturated carbocycles. The third-order valence-corrected chi connectivity index (χ3v) is 1.96. The molecule has 0 nitrogen and oxygen atoms in total. The Morgan fingerprint density at radius 3 is 2.78 bits per heavy atom. The van der Waals surface area contributed by atoms with Crippen LogP contribution >= 0.6 is 11.8 Å². The van der Waals surface area contributed by atoms with E-state index < -0.39 is 0 Å². The zero-order valence-corrected chi connectivity index (χ0v) is 7.05. The van der Waals surface area contributed by atoms with E-state index in [1.807, 2.05) is 18.7 Å². The summed E-state index contributed by atoms with van der Waals surface area (Å²) in [6.07, 6.45) is 2.32. The molecule has 1 heteroatoms. The molecule has 0 radical (unpaired) electrons. The Balaban J connectivity index is 2.80. The van der Waals surface area contributed by atoms with Crippen molar-refractivity contribution in [2.45, 2.75) is 26.7 Å². The second-order valence-electron chi connectivity index (χ2n) is 1.73. The molecule has 0 aliphatic carbocycles. The molecule has 52 valence electrons. The summed E-state index contributed by atoms with van der Waals surface area (Å²) in [6, 6.07) is 0. The van der Waals surface area contributed by atoms with Crippen molar-refractivity contribution >= 4 is 11.8 Å². The standard InChI is InChI=1S/C8H14S/c1-3-5-6-7-8-9-4-2/h4,6-8H2,1-2H3. The largest absolute Gasteiger partial charge is 0.162 e. The number of unbranched alkanes of at least 4 members (excludes halogenated alkanes) is 1. The molecule has 0 bridgehead atoms. The third-order valence-electron chi connectivity index (χ3n) is 0.971. The lowest BCUT2D eigenvalue weighted by atomic mass is 10.3. The minimum Gasteiger partial charge on any atom is -0.162 e. The van der Waals surface area contributed by atoms with E-state index in [0.29, 0.717) is 0 Å². The van der Waals surface area contributed by atoms with Gasteiger partial charge in [-0.3, -0.25) is 0 Å². The maximum Gasteiger partial charge on any atom is 0.00964 e. The van der Waals surface area contributed by atoms with Gasteiger partial charge < -0.3 is 0 Å². The van der Waals surface area contributed by atoms with Crippen LogP contribution in [0, 0.1) is 11.8 Å². The fourth-order valence-electron chi connectivity index (χ4n) is 0.532. The van der Waals surface area contributed by atoms with Gasteiger partial charge in [0, 0.05) is 6.42 Å². The first-order valence-electron chi connectivity index (χ1n) is 3.39. The molecule has 0 aromatic carbocycles. The monoisotopic (exact) mass is 142 g/mol. The van der Waals surface area contributed by atoms with Crippen LogP contribution in [0.25, 0.3) is 0 Å². The lowest BCUT2D eigenvalue weighted by molar-refractivity contribution is 0.996. The molecule has 9 heavy (non-hydrogen) atoms. The van der Waals surface area contributed by atoms with Crippen molar-refractivity contribution in [2.75, 3.05) is 11.5 Å². The molecule has 0 saturated heterocycles. The Hall–Kier alpha value is -0.0900. The van der Waals surface area contributed by atoms with Gasteiger partial charge in [0.25, 0.3) is 0 Å². The molecule has 0 amide bonds. The topological polar surface area (TPSA) is 0 Å². The van der Waals surface area contributed by atoms with E-state index >= 15 is 0 Å². The van der Waals surface area contributed by atoms with Crippen molar-refractivity contribution < 1.29 is 0 Å². The van der Waals surface area contributed by atoms with Crippen molar-refractivity contribution in [3.8, 4) is 11.8 Å². The highest BCUT2D eigenvalue weighted by Gasteiger charge is 1.82. The van der Waals surface area contributed by atoms with Gasteiger partial charge in [-0.05, 0) is 24.9 Å². The Bertz CT molecular complexity index is 96.9. The average molecular weight is 142 g/mol. The predicted octanol–water partition coefficient (Wildman–Crippen LogP) is 2.54. The highest BCUT2D eigenvalue weighted by Crippen LogP contribution is 2.01. The zero-order chi connectivity index (χ0) is 6.95. The minimum atomic E-state index is 1.07. The maximum absolute atomic E-state index is 3.04. The van der Waals surface area contributed by atoms with Crippen molar-refractivity contribution in [3.63, 3.8) is 0 Å². The van der Waals surface area contributed by atoms with Crippen LogP contribution in [0.2, 0.25) is 0 Å². The number of rotatable bonds is 4. The van der Waals surface area contributed by atoms with E-state index in [9.17, 15) is 0 Å². The summed E-state index contributed by atoms with van der Waals surface area (Å²) in [5, 5.41) is 0. The van der Waals surface area contributed by atoms with Crippen LogP contribution in [0.15, 0.2) is 0 Å². The first-order chi connectivity index (χ1) is 4.41. The first-order valence-corrected chi connectivity index (χ1v) is 4.54. The van der Waals surface area contributed by atoms with Crippen LogP contribution in [0.5, 0.6) is 0 Å². The summed E-state index contributed by atoms with van der Waals surface area (Å²) in [4.78, 5) is 0. The molecule has 0 unspecified atom stereocenters. The van der Waals surface area contributed by atoms with Crippen LogP contribution in [0.1, 0.15) is 26.7 Å². The molecule has 0 aromatic rings. The predicted molar refractivity (Wildman–Crippen MR) is 45.7 cm³/mol. The smallest absolute Gasteiger partial charge is 0.00964 e. The van der Waals surface area contributed by atoms with Crippen LogP contribution in [0.3, 0.4) is 0 Å². The molecule has 0 N–H and O–H groups in total. The SMILES string of the molecule is CC#CCCCSCC. The van der Waals surface area contributed by atoms with Crippen molar-refractivity contribution in [3.05, 3.63) is 0 Å². The Morgan fingerprint density at radius 2 is 2.22 bits per heavy atom. The second-order valence-corrected chi connectivity index (χ2v) is 3.12. The van der Waals surface area contributed by atoms with Gasteiger partial charge in [0.2, 0.25) is 0 Å². The van der Waals surface area contributed by atoms with E-state index in [2.05, 4.69) is 18.8 Å². The van der Waals surface area contributed by atoms with Gasteiger partial charge in [0.15, 0.2) is 0 Å². The van der Waals surface area contributed by atoms with Crippen LogP contribution in [-0.4, -0.2) is 11.5 Å². The molecule has 0 heterocycles. The Kier molecular flexibility index (Phi) is 7.83. The molecule has 0 atom stereocenters. The maximum atomic E-state index is 3.04. The third kappa shape index (κ3) is 7.91. The fourth-order valence-corrected chi connectivity index (χ4v) is 1.17. The number of hydrogen-bond donors (Lipinski definition) is 0. The minimum absolute atomic E-state index is 1.07. The van der Waals surface area contributed by atoms with Crippen molar-refractivity contribution in [2.24, 2.45) is 0 Å². The Morgan fingerprint density at radius 1 is 1.44 bits per heavy atom. The van der Waals surface area contributed by atoms with Gasteiger partial charge in [-0.1, -0.05) is 6.92 Å². The summed E-state index contributed by atoms with van der Waals surface area (Å²) in [5.41, 5.74) is 0. The van der Waals surface area contributed by atoms with Gasteiger partial charge in [0.05, 0.1) is 0 Å². The molecule has 0 aliphatic heterocycles. The summed E-state index contributed by atoms with van der Waals surface area (Å²) in [5.74, 6) is 8.43. The summed E-state index contributed by atoms with van der Waals surface area (Å²) >= 11 is 1.99. The van der Waals surface area contributed by atoms with E-state index in [1.54, 1.807) is 0 Å². The van der Waals surface area contributed by atoms with E-state index in [-0.39, 0.29) is 0 Å². The summed E-state index contributed by atoms with van der Waals surface area (Å²) in [6.45, 7) is 4.09. The fraction of sp³-hybridized carbons (Fsp3) is 0.750. The second kappa shape index (κ2) is 7.91. The highest BCUT2D eigenvalue weighted by molar-refractivity contribution is 7.99. The molecule has 0 aromatic heterocycles. The molecule has 0 aliphatic rings. The molecular weight excluding hydrogens is 128 g/mol. The van der Waals surface area contributed by atoms with Gasteiger partial charge in [-0.25, -0.2) is 0 Å². The van der Waals surface area contributed by atoms with Gasteiger partial charge in [-0.2, -0.15) is 11.8 Å². The molecule has 0 spiro atoms. The first kappa shape index (κ1) is 8.91. The molecular formula is C8H14S. The van der Waals surface area contributed by atoms with E-state index in [0.717, 1.165) is 6.42 Å². The van der Waals surface area contributed by atoms with Crippen molar-refractivity contribution in [1.82, 2.24) is 0 Å². The Labute approximate surface area is 62.4 Å². The normalized spacial score (nSPS) is 8.22. The zero-order valence-electron chi connectivity index (χ0n) is 6.24. The lowest BCUT2D eigenvalue weighted by Gasteiger charge is -1.91. The van der Waals surface area contributed by atoms with Gasteiger partial charge in [-0.15, -0.1) is 11.8 Å². The summed E-state index contributed by atoms with van der Waals surface area (Å²) in [7, 11) is 0. The van der Waals surface area contributed by atoms with Gasteiger partial charge >= 0.3 is 0 Å². The number of thioether (sulfide) groups is 1.